The lowest BCUT2D eigenvalue weighted by Crippen LogP contribution is -2.34. The fraction of sp³-hybridized carbons (Fsp3) is 0.778. The molecule has 2 unspecified atom stereocenters. The molecule has 1 aliphatic carbocycles. The minimum atomic E-state index is 0.181. The molecular weight excluding hydrogens is 140 g/mol. The van der Waals surface area contributed by atoms with Crippen LogP contribution in [0.5, 0.6) is 0 Å². The van der Waals surface area contributed by atoms with E-state index in [1.165, 1.54) is 11.1 Å². The van der Waals surface area contributed by atoms with E-state index in [4.69, 9.17) is 10.2 Å². The minimum Gasteiger partial charge on any atom is -0.396 e. The van der Waals surface area contributed by atoms with E-state index in [2.05, 4.69) is 6.92 Å². The quantitative estimate of drug-likeness (QED) is 0.597. The molecule has 2 nitrogen and oxygen atoms in total. The standard InChI is InChI=1S/C9H16O2/c1-3-7-6(2)8(4-10)9(7)5-11/h8-11H,3-5H2,1-2H3. The Morgan fingerprint density at radius 3 is 2.09 bits per heavy atom. The first-order valence-corrected chi connectivity index (χ1v) is 4.17. The van der Waals surface area contributed by atoms with Gasteiger partial charge >= 0.3 is 0 Å². The van der Waals surface area contributed by atoms with Crippen molar-refractivity contribution in [3.05, 3.63) is 11.1 Å². The third-order valence-corrected chi connectivity index (χ3v) is 2.77. The smallest absolute Gasteiger partial charge is 0.0503 e. The molecule has 0 bridgehead atoms. The molecule has 0 aromatic rings. The maximum Gasteiger partial charge on any atom is 0.0503 e. The van der Waals surface area contributed by atoms with E-state index in [1.54, 1.807) is 0 Å². The SMILES string of the molecule is CCC1=C(C)C(CO)C1CO. The van der Waals surface area contributed by atoms with Crippen LogP contribution in [0, 0.1) is 11.8 Å². The van der Waals surface area contributed by atoms with E-state index in [9.17, 15) is 0 Å². The molecule has 0 saturated carbocycles. The van der Waals surface area contributed by atoms with Crippen molar-refractivity contribution in [1.29, 1.82) is 0 Å². The summed E-state index contributed by atoms with van der Waals surface area (Å²) in [6.45, 7) is 4.51. The molecule has 0 radical (unpaired) electrons. The molecule has 0 fully saturated rings. The third kappa shape index (κ3) is 1.21. The fourth-order valence-corrected chi connectivity index (χ4v) is 2.02. The summed E-state index contributed by atoms with van der Waals surface area (Å²) in [6, 6.07) is 0. The number of rotatable bonds is 3. The predicted octanol–water partition coefficient (Wildman–Crippen LogP) is 0.944. The molecule has 0 amide bonds. The Morgan fingerprint density at radius 1 is 1.18 bits per heavy atom. The summed E-state index contributed by atoms with van der Waals surface area (Å²) < 4.78 is 0. The van der Waals surface area contributed by atoms with Crippen LogP contribution in [0.3, 0.4) is 0 Å². The first-order chi connectivity index (χ1) is 5.26. The van der Waals surface area contributed by atoms with Gasteiger partial charge in [-0.05, 0) is 13.3 Å². The predicted molar refractivity (Wildman–Crippen MR) is 44.1 cm³/mol. The van der Waals surface area contributed by atoms with Gasteiger partial charge in [-0.2, -0.15) is 0 Å². The van der Waals surface area contributed by atoms with Crippen LogP contribution < -0.4 is 0 Å². The van der Waals surface area contributed by atoms with Crippen LogP contribution in [0.15, 0.2) is 11.1 Å². The molecule has 2 atom stereocenters. The molecule has 0 aromatic carbocycles. The summed E-state index contributed by atoms with van der Waals surface area (Å²) in [6.07, 6.45) is 1.01. The van der Waals surface area contributed by atoms with Crippen molar-refractivity contribution in [3.8, 4) is 0 Å². The Labute approximate surface area is 67.6 Å². The lowest BCUT2D eigenvalue weighted by atomic mass is 9.68. The van der Waals surface area contributed by atoms with Crippen molar-refractivity contribution in [1.82, 2.24) is 0 Å². The normalized spacial score (nSPS) is 30.5. The summed E-state index contributed by atoms with van der Waals surface area (Å²) in [5.74, 6) is 0.472. The van der Waals surface area contributed by atoms with Crippen molar-refractivity contribution >= 4 is 0 Å². The second-order valence-electron chi connectivity index (χ2n) is 3.14. The van der Waals surface area contributed by atoms with Crippen LogP contribution in [-0.4, -0.2) is 23.4 Å². The van der Waals surface area contributed by atoms with Crippen LogP contribution in [0.4, 0.5) is 0 Å². The zero-order valence-corrected chi connectivity index (χ0v) is 7.17. The molecule has 0 heterocycles. The van der Waals surface area contributed by atoms with Gasteiger partial charge in [0.1, 0.15) is 0 Å². The molecule has 11 heavy (non-hydrogen) atoms. The average molecular weight is 156 g/mol. The third-order valence-electron chi connectivity index (χ3n) is 2.77. The molecule has 1 aliphatic rings. The molecular formula is C9H16O2. The average Bonchev–Trinajstić information content (AvgIpc) is 2.01. The van der Waals surface area contributed by atoms with Crippen molar-refractivity contribution in [2.24, 2.45) is 11.8 Å². The topological polar surface area (TPSA) is 40.5 Å². The second-order valence-corrected chi connectivity index (χ2v) is 3.14. The Hall–Kier alpha value is -0.340. The fourth-order valence-electron chi connectivity index (χ4n) is 2.02. The lowest BCUT2D eigenvalue weighted by Gasteiger charge is -2.38. The highest BCUT2D eigenvalue weighted by molar-refractivity contribution is 5.30. The van der Waals surface area contributed by atoms with Gasteiger partial charge in [-0.25, -0.2) is 0 Å². The van der Waals surface area contributed by atoms with Gasteiger partial charge in [0, 0.05) is 11.8 Å². The molecule has 2 heteroatoms. The number of aliphatic hydroxyl groups excluding tert-OH is 2. The van der Waals surface area contributed by atoms with Crippen molar-refractivity contribution in [2.75, 3.05) is 13.2 Å². The van der Waals surface area contributed by atoms with E-state index in [1.807, 2.05) is 6.92 Å². The van der Waals surface area contributed by atoms with Crippen molar-refractivity contribution < 1.29 is 10.2 Å². The second kappa shape index (κ2) is 3.37. The first kappa shape index (κ1) is 8.75. The number of aliphatic hydroxyl groups is 2. The van der Waals surface area contributed by atoms with E-state index < -0.39 is 0 Å². The summed E-state index contributed by atoms with van der Waals surface area (Å²) in [5, 5.41) is 17.9. The largest absolute Gasteiger partial charge is 0.396 e. The molecule has 1 rings (SSSR count). The Bertz CT molecular complexity index is 172. The van der Waals surface area contributed by atoms with Gasteiger partial charge in [-0.3, -0.25) is 0 Å². The van der Waals surface area contributed by atoms with Crippen LogP contribution in [0.25, 0.3) is 0 Å². The highest BCUT2D eigenvalue weighted by atomic mass is 16.3. The van der Waals surface area contributed by atoms with Crippen LogP contribution in [0.2, 0.25) is 0 Å². The van der Waals surface area contributed by atoms with Gasteiger partial charge in [-0.15, -0.1) is 0 Å². The zero-order valence-electron chi connectivity index (χ0n) is 7.17. The van der Waals surface area contributed by atoms with E-state index >= 15 is 0 Å². The Kier molecular flexibility index (Phi) is 2.68. The highest BCUT2D eigenvalue weighted by Crippen LogP contribution is 2.41. The number of hydrogen-bond donors (Lipinski definition) is 2. The van der Waals surface area contributed by atoms with Gasteiger partial charge in [0.15, 0.2) is 0 Å². The molecule has 0 aliphatic heterocycles. The summed E-state index contributed by atoms with van der Waals surface area (Å²) in [7, 11) is 0. The molecule has 0 saturated heterocycles. The molecule has 64 valence electrons. The number of hydrogen-bond acceptors (Lipinski definition) is 2. The minimum absolute atomic E-state index is 0.181. The van der Waals surface area contributed by atoms with E-state index in [0.717, 1.165) is 6.42 Å². The van der Waals surface area contributed by atoms with Crippen molar-refractivity contribution in [2.45, 2.75) is 20.3 Å². The van der Waals surface area contributed by atoms with Gasteiger partial charge in [0.25, 0.3) is 0 Å². The summed E-state index contributed by atoms with van der Waals surface area (Å²) in [4.78, 5) is 0. The van der Waals surface area contributed by atoms with Gasteiger partial charge < -0.3 is 10.2 Å². The van der Waals surface area contributed by atoms with Crippen LogP contribution >= 0.6 is 0 Å². The van der Waals surface area contributed by atoms with Gasteiger partial charge in [0.05, 0.1) is 13.2 Å². The molecule has 2 N–H and O–H groups in total. The van der Waals surface area contributed by atoms with Gasteiger partial charge in [0.2, 0.25) is 0 Å². The van der Waals surface area contributed by atoms with Crippen LogP contribution in [0.1, 0.15) is 20.3 Å². The molecule has 0 aromatic heterocycles. The summed E-state index contributed by atoms with van der Waals surface area (Å²) >= 11 is 0. The monoisotopic (exact) mass is 156 g/mol. The first-order valence-electron chi connectivity index (χ1n) is 4.17. The lowest BCUT2D eigenvalue weighted by molar-refractivity contribution is 0.132. The summed E-state index contributed by atoms with van der Waals surface area (Å²) in [5.41, 5.74) is 2.63. The zero-order chi connectivity index (χ0) is 8.43. The maximum atomic E-state index is 8.96. The van der Waals surface area contributed by atoms with E-state index in [0.29, 0.717) is 0 Å². The van der Waals surface area contributed by atoms with Gasteiger partial charge in [-0.1, -0.05) is 18.1 Å². The van der Waals surface area contributed by atoms with E-state index in [-0.39, 0.29) is 25.0 Å². The Balaban J connectivity index is 2.69. The van der Waals surface area contributed by atoms with Crippen molar-refractivity contribution in [3.63, 3.8) is 0 Å². The Morgan fingerprint density at radius 2 is 1.73 bits per heavy atom. The molecule has 0 spiro atoms. The maximum absolute atomic E-state index is 8.96. The van der Waals surface area contributed by atoms with Crippen LogP contribution in [-0.2, 0) is 0 Å². The highest BCUT2D eigenvalue weighted by Gasteiger charge is 2.35.